The number of carbonyl (C=O) groups excluding carboxylic acids is 1. The first-order valence-corrected chi connectivity index (χ1v) is 10.6. The minimum atomic E-state index is -0.680. The maximum absolute atomic E-state index is 13.2. The number of nitrogens with one attached hydrogen (secondary N) is 1. The van der Waals surface area contributed by atoms with Crippen LogP contribution >= 0.6 is 0 Å². The van der Waals surface area contributed by atoms with E-state index in [0.717, 1.165) is 61.1 Å². The Hall–Kier alpha value is -1.55. The van der Waals surface area contributed by atoms with Crippen LogP contribution in [0, 0.1) is 13.8 Å². The number of anilines is 1. The summed E-state index contributed by atoms with van der Waals surface area (Å²) in [6.45, 7) is 11.0. The number of hydrogen-bond acceptors (Lipinski definition) is 3. The predicted molar refractivity (Wildman–Crippen MR) is 112 cm³/mol. The molecule has 0 aromatic heterocycles. The van der Waals surface area contributed by atoms with Crippen LogP contribution in [0.15, 0.2) is 12.1 Å². The minimum Gasteiger partial charge on any atom is -0.490 e. The molecule has 1 atom stereocenters. The average molecular weight is 376 g/mol. The summed E-state index contributed by atoms with van der Waals surface area (Å²) >= 11 is 0. The number of aryl methyl sites for hydroxylation is 2. The molecule has 1 aromatic carbocycles. The number of carbonyl (C=O) groups is 1. The summed E-state index contributed by atoms with van der Waals surface area (Å²) in [5.74, 6) is 0.931. The molecule has 1 N–H and O–H groups in total. The van der Waals surface area contributed by atoms with Gasteiger partial charge in [-0.15, -0.1) is 0 Å². The van der Waals surface area contributed by atoms with E-state index in [1.54, 1.807) is 0 Å². The van der Waals surface area contributed by atoms with Crippen molar-refractivity contribution in [3.63, 3.8) is 0 Å². The molecule has 0 unspecified atom stereocenters. The third kappa shape index (κ3) is 5.71. The van der Waals surface area contributed by atoms with Crippen molar-refractivity contribution in [3.05, 3.63) is 23.3 Å². The fourth-order valence-corrected chi connectivity index (χ4v) is 3.77. The van der Waals surface area contributed by atoms with E-state index in [2.05, 4.69) is 26.1 Å². The van der Waals surface area contributed by atoms with Crippen LogP contribution in [0.5, 0.6) is 5.75 Å². The largest absolute Gasteiger partial charge is 0.490 e. The van der Waals surface area contributed by atoms with Crippen LogP contribution in [-0.4, -0.2) is 24.2 Å². The molecule has 0 radical (unpaired) electrons. The van der Waals surface area contributed by atoms with Crippen molar-refractivity contribution in [3.8, 4) is 5.75 Å². The fourth-order valence-electron chi connectivity index (χ4n) is 3.77. The third-order valence-electron chi connectivity index (χ3n) is 5.52. The Bertz CT molecular complexity index is 595. The van der Waals surface area contributed by atoms with Crippen LogP contribution in [0.4, 0.5) is 5.69 Å². The molecule has 1 aliphatic carbocycles. The van der Waals surface area contributed by atoms with Crippen LogP contribution in [0.1, 0.15) is 83.3 Å². The van der Waals surface area contributed by atoms with Crippen LogP contribution in [0.25, 0.3) is 0 Å². The van der Waals surface area contributed by atoms with Gasteiger partial charge in [-0.05, 0) is 69.7 Å². The molecule has 0 spiro atoms. The van der Waals surface area contributed by atoms with Gasteiger partial charge in [0.1, 0.15) is 11.4 Å². The maximum atomic E-state index is 13.2. The number of ether oxygens (including phenoxy) is 2. The number of hydrogen-bond donors (Lipinski definition) is 1. The van der Waals surface area contributed by atoms with E-state index in [9.17, 15) is 4.79 Å². The quantitative estimate of drug-likeness (QED) is 0.572. The van der Waals surface area contributed by atoms with Gasteiger partial charge in [0.2, 0.25) is 0 Å². The van der Waals surface area contributed by atoms with E-state index in [1.165, 1.54) is 12.8 Å². The second kappa shape index (κ2) is 10.1. The summed E-state index contributed by atoms with van der Waals surface area (Å²) in [4.78, 5) is 13.2. The standard InChI is InChI=1S/C23H37NO3/c1-6-14-26-23(12-10-8-9-11-13-23)22(25)24-20-15-17(3)21(18(4)16-20)27-19(5)7-2/h15-16,19H,6-14H2,1-5H3,(H,24,25)/t19-/m1/s1. The summed E-state index contributed by atoms with van der Waals surface area (Å²) in [5.41, 5.74) is 2.25. The monoisotopic (exact) mass is 375 g/mol. The molecular formula is C23H37NO3. The van der Waals surface area contributed by atoms with Gasteiger partial charge in [0, 0.05) is 12.3 Å². The molecule has 27 heavy (non-hydrogen) atoms. The van der Waals surface area contributed by atoms with Gasteiger partial charge in [0.25, 0.3) is 5.91 Å². The normalized spacial score (nSPS) is 17.8. The van der Waals surface area contributed by atoms with Crippen LogP contribution in [0.3, 0.4) is 0 Å². The maximum Gasteiger partial charge on any atom is 0.256 e. The van der Waals surface area contributed by atoms with Crippen molar-refractivity contribution >= 4 is 11.6 Å². The van der Waals surface area contributed by atoms with E-state index in [1.807, 2.05) is 26.0 Å². The van der Waals surface area contributed by atoms with Gasteiger partial charge >= 0.3 is 0 Å². The van der Waals surface area contributed by atoms with Crippen molar-refractivity contribution in [2.45, 2.75) is 97.7 Å². The molecule has 1 amide bonds. The van der Waals surface area contributed by atoms with Gasteiger partial charge in [-0.1, -0.05) is 39.5 Å². The van der Waals surface area contributed by atoms with E-state index in [0.29, 0.717) is 6.61 Å². The Balaban J connectivity index is 2.19. The van der Waals surface area contributed by atoms with Gasteiger partial charge in [-0.3, -0.25) is 4.79 Å². The van der Waals surface area contributed by atoms with Crippen LogP contribution in [-0.2, 0) is 9.53 Å². The SMILES string of the molecule is CCCOC1(C(=O)Nc2cc(C)c(O[C@H](C)CC)c(C)c2)CCCCCC1. The highest BCUT2D eigenvalue weighted by Crippen LogP contribution is 2.33. The molecule has 1 saturated carbocycles. The van der Waals surface area contributed by atoms with Crippen molar-refractivity contribution in [1.82, 2.24) is 0 Å². The lowest BCUT2D eigenvalue weighted by atomic mass is 9.92. The van der Waals surface area contributed by atoms with Gasteiger partial charge < -0.3 is 14.8 Å². The van der Waals surface area contributed by atoms with Gasteiger partial charge in [0.05, 0.1) is 6.10 Å². The average Bonchev–Trinajstić information content (AvgIpc) is 2.89. The van der Waals surface area contributed by atoms with Gasteiger partial charge in [0.15, 0.2) is 0 Å². The van der Waals surface area contributed by atoms with Crippen LogP contribution < -0.4 is 10.1 Å². The summed E-state index contributed by atoms with van der Waals surface area (Å²) < 4.78 is 12.2. The first kappa shape index (κ1) is 21.7. The van der Waals surface area contributed by atoms with E-state index < -0.39 is 5.60 Å². The molecule has 0 heterocycles. The number of rotatable bonds is 8. The fraction of sp³-hybridized carbons (Fsp3) is 0.696. The lowest BCUT2D eigenvalue weighted by molar-refractivity contribution is -0.143. The van der Waals surface area contributed by atoms with Crippen molar-refractivity contribution < 1.29 is 14.3 Å². The highest BCUT2D eigenvalue weighted by Gasteiger charge is 2.39. The highest BCUT2D eigenvalue weighted by molar-refractivity contribution is 5.97. The minimum absolute atomic E-state index is 0.00671. The summed E-state index contributed by atoms with van der Waals surface area (Å²) in [6.07, 6.45) is 8.17. The smallest absolute Gasteiger partial charge is 0.256 e. The molecule has 4 nitrogen and oxygen atoms in total. The summed E-state index contributed by atoms with van der Waals surface area (Å²) in [6, 6.07) is 4.01. The lowest BCUT2D eigenvalue weighted by Crippen LogP contribution is -2.45. The molecule has 0 saturated heterocycles. The lowest BCUT2D eigenvalue weighted by Gasteiger charge is -2.31. The molecule has 152 valence electrons. The zero-order valence-corrected chi connectivity index (χ0v) is 17.8. The van der Waals surface area contributed by atoms with E-state index >= 15 is 0 Å². The molecular weight excluding hydrogens is 338 g/mol. The van der Waals surface area contributed by atoms with Gasteiger partial charge in [-0.2, -0.15) is 0 Å². The Morgan fingerprint density at radius 1 is 1.11 bits per heavy atom. The first-order chi connectivity index (χ1) is 12.9. The Morgan fingerprint density at radius 2 is 1.70 bits per heavy atom. The van der Waals surface area contributed by atoms with Gasteiger partial charge in [-0.25, -0.2) is 0 Å². The van der Waals surface area contributed by atoms with E-state index in [-0.39, 0.29) is 12.0 Å². The molecule has 1 aliphatic rings. The zero-order valence-electron chi connectivity index (χ0n) is 17.8. The summed E-state index contributed by atoms with van der Waals surface area (Å²) in [5, 5.41) is 3.15. The second-order valence-electron chi connectivity index (χ2n) is 7.99. The molecule has 4 heteroatoms. The molecule has 1 fully saturated rings. The Labute approximate surface area is 165 Å². The predicted octanol–water partition coefficient (Wildman–Crippen LogP) is 5.94. The number of amides is 1. The van der Waals surface area contributed by atoms with Crippen molar-refractivity contribution in [1.29, 1.82) is 0 Å². The Morgan fingerprint density at radius 3 is 2.22 bits per heavy atom. The molecule has 0 aliphatic heterocycles. The first-order valence-electron chi connectivity index (χ1n) is 10.6. The third-order valence-corrected chi connectivity index (χ3v) is 5.52. The molecule has 0 bridgehead atoms. The number of benzene rings is 1. The summed E-state index contributed by atoms with van der Waals surface area (Å²) in [7, 11) is 0. The Kier molecular flexibility index (Phi) is 8.15. The van der Waals surface area contributed by atoms with Crippen molar-refractivity contribution in [2.75, 3.05) is 11.9 Å². The topological polar surface area (TPSA) is 47.6 Å². The molecule has 2 rings (SSSR count). The van der Waals surface area contributed by atoms with Crippen molar-refractivity contribution in [2.24, 2.45) is 0 Å². The van der Waals surface area contributed by atoms with E-state index in [4.69, 9.17) is 9.47 Å². The molecule has 1 aromatic rings. The zero-order chi connectivity index (χ0) is 19.9. The van der Waals surface area contributed by atoms with Crippen LogP contribution in [0.2, 0.25) is 0 Å². The second-order valence-corrected chi connectivity index (χ2v) is 7.99. The highest BCUT2D eigenvalue weighted by atomic mass is 16.5.